The smallest absolute Gasteiger partial charge is 0.264 e. The van der Waals surface area contributed by atoms with Crippen LogP contribution in [0.4, 0.5) is 10.1 Å². The maximum absolute atomic E-state index is 13.1. The molecule has 0 radical (unpaired) electrons. The zero-order chi connectivity index (χ0) is 21.8. The molecule has 0 unspecified atom stereocenters. The normalized spacial score (nSPS) is 16.0. The Balaban J connectivity index is 1.55. The highest BCUT2D eigenvalue weighted by Crippen LogP contribution is 2.32. The first kappa shape index (κ1) is 21.4. The van der Waals surface area contributed by atoms with Crippen LogP contribution in [0.2, 0.25) is 10.0 Å². The van der Waals surface area contributed by atoms with Gasteiger partial charge in [0.2, 0.25) is 0 Å². The van der Waals surface area contributed by atoms with Crippen molar-refractivity contribution in [3.63, 3.8) is 0 Å². The third-order valence-electron chi connectivity index (χ3n) is 4.25. The highest BCUT2D eigenvalue weighted by molar-refractivity contribution is 8.18. The van der Waals surface area contributed by atoms with Crippen molar-refractivity contribution >= 4 is 57.8 Å². The van der Waals surface area contributed by atoms with Crippen molar-refractivity contribution in [2.24, 2.45) is 4.99 Å². The van der Waals surface area contributed by atoms with Gasteiger partial charge in [-0.15, -0.1) is 0 Å². The first-order chi connectivity index (χ1) is 15.0. The molecule has 4 nitrogen and oxygen atoms in total. The van der Waals surface area contributed by atoms with E-state index in [9.17, 15) is 9.18 Å². The monoisotopic (exact) mass is 472 g/mol. The van der Waals surface area contributed by atoms with E-state index in [4.69, 9.17) is 27.9 Å². The number of hydrogen-bond acceptors (Lipinski definition) is 4. The van der Waals surface area contributed by atoms with Crippen molar-refractivity contribution in [2.75, 3.05) is 0 Å². The Labute approximate surface area is 192 Å². The molecule has 1 heterocycles. The fourth-order valence-electron chi connectivity index (χ4n) is 2.81. The molecule has 0 spiro atoms. The minimum absolute atomic E-state index is 0.286. The minimum atomic E-state index is -0.348. The minimum Gasteiger partial charge on any atom is -0.488 e. The summed E-state index contributed by atoms with van der Waals surface area (Å²) in [6.07, 6.45) is 1.70. The SMILES string of the molecule is O=C1NC(=Nc2ccc(F)cc2)S/C1=C\c1cc(Cl)ccc1OCc1cccc(Cl)c1. The molecule has 1 aliphatic heterocycles. The summed E-state index contributed by atoms with van der Waals surface area (Å²) in [5.41, 5.74) is 2.12. The van der Waals surface area contributed by atoms with E-state index in [-0.39, 0.29) is 11.7 Å². The predicted molar refractivity (Wildman–Crippen MR) is 124 cm³/mol. The van der Waals surface area contributed by atoms with E-state index in [0.29, 0.717) is 43.7 Å². The molecule has 156 valence electrons. The first-order valence-electron chi connectivity index (χ1n) is 9.18. The van der Waals surface area contributed by atoms with E-state index in [2.05, 4.69) is 10.3 Å². The van der Waals surface area contributed by atoms with Crippen LogP contribution in [0, 0.1) is 5.82 Å². The predicted octanol–water partition coefficient (Wildman–Crippen LogP) is 6.60. The van der Waals surface area contributed by atoms with Crippen molar-refractivity contribution in [3.8, 4) is 5.75 Å². The number of carbonyl (C=O) groups is 1. The number of rotatable bonds is 5. The Kier molecular flexibility index (Phi) is 6.61. The van der Waals surface area contributed by atoms with Crippen LogP contribution in [0.25, 0.3) is 6.08 Å². The molecule has 0 atom stereocenters. The lowest BCUT2D eigenvalue weighted by atomic mass is 10.1. The van der Waals surface area contributed by atoms with E-state index < -0.39 is 0 Å². The molecule has 1 amide bonds. The summed E-state index contributed by atoms with van der Waals surface area (Å²) in [4.78, 5) is 17.2. The number of amidine groups is 1. The van der Waals surface area contributed by atoms with Crippen LogP contribution in [0.1, 0.15) is 11.1 Å². The fraction of sp³-hybridized carbons (Fsp3) is 0.0435. The summed E-state index contributed by atoms with van der Waals surface area (Å²) in [5.74, 6) is -0.0558. The lowest BCUT2D eigenvalue weighted by Crippen LogP contribution is -2.19. The summed E-state index contributed by atoms with van der Waals surface area (Å²) in [5, 5.41) is 4.27. The van der Waals surface area contributed by atoms with Crippen LogP contribution in [0.5, 0.6) is 5.75 Å². The number of aliphatic imine (C=N–C) groups is 1. The number of amides is 1. The molecule has 1 N–H and O–H groups in total. The topological polar surface area (TPSA) is 50.7 Å². The lowest BCUT2D eigenvalue weighted by Gasteiger charge is -2.10. The molecule has 3 aromatic carbocycles. The van der Waals surface area contributed by atoms with Gasteiger partial charge in [-0.1, -0.05) is 35.3 Å². The van der Waals surface area contributed by atoms with Crippen molar-refractivity contribution in [1.29, 1.82) is 0 Å². The van der Waals surface area contributed by atoms with Crippen LogP contribution >= 0.6 is 35.0 Å². The standard InChI is InChI=1S/C23H15Cl2FN2O2S/c24-16-3-1-2-14(10-16)13-30-20-9-4-17(25)11-15(20)12-21-22(29)28-23(31-21)27-19-7-5-18(26)6-8-19/h1-12H,13H2,(H,27,28,29)/b21-12-. The van der Waals surface area contributed by atoms with Gasteiger partial charge >= 0.3 is 0 Å². The number of halogens is 3. The molecule has 8 heteroatoms. The van der Waals surface area contributed by atoms with Crippen molar-refractivity contribution < 1.29 is 13.9 Å². The maximum atomic E-state index is 13.1. The van der Waals surface area contributed by atoms with E-state index >= 15 is 0 Å². The Morgan fingerprint density at radius 3 is 2.58 bits per heavy atom. The van der Waals surface area contributed by atoms with Crippen LogP contribution in [-0.2, 0) is 11.4 Å². The number of nitrogens with zero attached hydrogens (tertiary/aromatic N) is 1. The summed E-state index contributed by atoms with van der Waals surface area (Å²) in [7, 11) is 0. The second kappa shape index (κ2) is 9.56. The average Bonchev–Trinajstić information content (AvgIpc) is 3.08. The molecular weight excluding hydrogens is 458 g/mol. The fourth-order valence-corrected chi connectivity index (χ4v) is 4.03. The third-order valence-corrected chi connectivity index (χ3v) is 5.63. The third kappa shape index (κ3) is 5.67. The molecule has 31 heavy (non-hydrogen) atoms. The van der Waals surface area contributed by atoms with Crippen LogP contribution in [0.15, 0.2) is 76.6 Å². The van der Waals surface area contributed by atoms with E-state index in [0.717, 1.165) is 5.56 Å². The van der Waals surface area contributed by atoms with Gasteiger partial charge in [0, 0.05) is 15.6 Å². The molecule has 4 rings (SSSR count). The van der Waals surface area contributed by atoms with Gasteiger partial charge in [0.05, 0.1) is 10.6 Å². The Bertz CT molecular complexity index is 1200. The second-order valence-electron chi connectivity index (χ2n) is 6.56. The Morgan fingerprint density at radius 2 is 1.81 bits per heavy atom. The summed E-state index contributed by atoms with van der Waals surface area (Å²) in [6, 6.07) is 18.3. The molecule has 1 saturated heterocycles. The zero-order valence-electron chi connectivity index (χ0n) is 15.9. The van der Waals surface area contributed by atoms with E-state index in [1.807, 2.05) is 18.2 Å². The van der Waals surface area contributed by atoms with E-state index in [1.165, 1.54) is 36.0 Å². The van der Waals surface area contributed by atoms with E-state index in [1.54, 1.807) is 30.3 Å². The number of hydrogen-bond donors (Lipinski definition) is 1. The van der Waals surface area contributed by atoms with Gasteiger partial charge in [-0.05, 0) is 78.0 Å². The molecule has 3 aromatic rings. The molecular formula is C23H15Cl2FN2O2S. The molecule has 0 aliphatic carbocycles. The quantitative estimate of drug-likeness (QED) is 0.425. The van der Waals surface area contributed by atoms with Gasteiger partial charge in [-0.25, -0.2) is 9.38 Å². The molecule has 0 aromatic heterocycles. The second-order valence-corrected chi connectivity index (χ2v) is 8.46. The number of nitrogens with one attached hydrogen (secondary N) is 1. The largest absolute Gasteiger partial charge is 0.488 e. The lowest BCUT2D eigenvalue weighted by molar-refractivity contribution is -0.115. The number of benzene rings is 3. The average molecular weight is 473 g/mol. The molecule has 1 fully saturated rings. The van der Waals surface area contributed by atoms with Crippen LogP contribution in [0.3, 0.4) is 0 Å². The molecule has 0 bridgehead atoms. The first-order valence-corrected chi connectivity index (χ1v) is 10.8. The van der Waals surface area contributed by atoms with Crippen molar-refractivity contribution in [1.82, 2.24) is 5.32 Å². The van der Waals surface area contributed by atoms with Crippen LogP contribution < -0.4 is 10.1 Å². The maximum Gasteiger partial charge on any atom is 0.264 e. The van der Waals surface area contributed by atoms with Gasteiger partial charge in [0.25, 0.3) is 5.91 Å². The Morgan fingerprint density at radius 1 is 1.03 bits per heavy atom. The van der Waals surface area contributed by atoms with Gasteiger partial charge < -0.3 is 10.1 Å². The number of ether oxygens (including phenoxy) is 1. The highest BCUT2D eigenvalue weighted by atomic mass is 35.5. The Hall–Kier alpha value is -2.80. The van der Waals surface area contributed by atoms with Gasteiger partial charge in [0.15, 0.2) is 5.17 Å². The summed E-state index contributed by atoms with van der Waals surface area (Å²) < 4.78 is 19.0. The summed E-state index contributed by atoms with van der Waals surface area (Å²) >= 11 is 13.4. The zero-order valence-corrected chi connectivity index (χ0v) is 18.3. The molecule has 1 aliphatic rings. The number of carbonyl (C=O) groups excluding carboxylic acids is 1. The van der Waals surface area contributed by atoms with Crippen LogP contribution in [-0.4, -0.2) is 11.1 Å². The van der Waals surface area contributed by atoms with Gasteiger partial charge in [0.1, 0.15) is 18.2 Å². The number of thioether (sulfide) groups is 1. The molecule has 0 saturated carbocycles. The highest BCUT2D eigenvalue weighted by Gasteiger charge is 2.24. The summed E-state index contributed by atoms with van der Waals surface area (Å²) in [6.45, 7) is 0.314. The van der Waals surface area contributed by atoms with Crippen molar-refractivity contribution in [2.45, 2.75) is 6.61 Å². The van der Waals surface area contributed by atoms with Crippen molar-refractivity contribution in [3.05, 3.63) is 98.6 Å². The van der Waals surface area contributed by atoms with Gasteiger partial charge in [-0.3, -0.25) is 4.79 Å². The van der Waals surface area contributed by atoms with Gasteiger partial charge in [-0.2, -0.15) is 0 Å².